The van der Waals surface area contributed by atoms with Gasteiger partial charge in [-0.3, -0.25) is 0 Å². The maximum atomic E-state index is 13.2. The number of hydrogen-bond acceptors (Lipinski definition) is 3. The number of rotatable bonds is 10. The lowest BCUT2D eigenvalue weighted by Gasteiger charge is -2.19. The van der Waals surface area contributed by atoms with Gasteiger partial charge in [-0.25, -0.2) is 8.78 Å². The topological polar surface area (TPSA) is 33.3 Å². The van der Waals surface area contributed by atoms with Gasteiger partial charge in [0.25, 0.3) is 0 Å². The molecule has 0 aliphatic heterocycles. The van der Waals surface area contributed by atoms with Gasteiger partial charge in [0, 0.05) is 12.6 Å². The first-order valence-electron chi connectivity index (χ1n) is 8.60. The highest BCUT2D eigenvalue weighted by molar-refractivity contribution is 5.30. The molecule has 0 saturated heterocycles. The van der Waals surface area contributed by atoms with Crippen LogP contribution in [0.15, 0.2) is 48.5 Å². The summed E-state index contributed by atoms with van der Waals surface area (Å²) in [5, 5.41) is 6.54. The van der Waals surface area contributed by atoms with Crippen LogP contribution in [-0.2, 0) is 4.74 Å². The summed E-state index contributed by atoms with van der Waals surface area (Å²) in [4.78, 5) is 0. The fraction of sp³-hybridized carbons (Fsp3) is 0.400. The average Bonchev–Trinajstić information content (AvgIpc) is 2.63. The van der Waals surface area contributed by atoms with Crippen LogP contribution in [0.2, 0.25) is 0 Å². The summed E-state index contributed by atoms with van der Waals surface area (Å²) in [7, 11) is 1.95. The van der Waals surface area contributed by atoms with Crippen LogP contribution < -0.4 is 10.6 Å². The Kier molecular flexibility index (Phi) is 7.98. The minimum absolute atomic E-state index is 0.290. The van der Waals surface area contributed by atoms with Gasteiger partial charge in [-0.2, -0.15) is 0 Å². The largest absolute Gasteiger partial charge is 0.367 e. The van der Waals surface area contributed by atoms with E-state index in [0.29, 0.717) is 12.6 Å². The normalized spacial score (nSPS) is 12.5. The van der Waals surface area contributed by atoms with Crippen molar-refractivity contribution in [2.24, 2.45) is 0 Å². The molecule has 5 heteroatoms. The molecule has 2 aromatic rings. The van der Waals surface area contributed by atoms with Gasteiger partial charge < -0.3 is 15.4 Å². The quantitative estimate of drug-likeness (QED) is 0.643. The zero-order valence-corrected chi connectivity index (χ0v) is 14.8. The van der Waals surface area contributed by atoms with Crippen molar-refractivity contribution in [2.75, 3.05) is 26.7 Å². The lowest BCUT2D eigenvalue weighted by Crippen LogP contribution is -2.29. The molecule has 3 nitrogen and oxygen atoms in total. The molecule has 0 spiro atoms. The zero-order chi connectivity index (χ0) is 18.1. The standard InChI is InChI=1S/C20H26F2N2O/c1-15(23-2)11-12-24-13-14-25-20(16-3-7-18(21)8-4-16)17-5-9-19(22)10-6-17/h3-10,15,20,23-24H,11-14H2,1-2H3. The maximum absolute atomic E-state index is 13.2. The van der Waals surface area contributed by atoms with Crippen LogP contribution in [-0.4, -0.2) is 32.8 Å². The molecule has 1 unspecified atom stereocenters. The molecule has 0 saturated carbocycles. The number of halogens is 2. The van der Waals surface area contributed by atoms with Gasteiger partial charge in [0.15, 0.2) is 0 Å². The first-order chi connectivity index (χ1) is 12.1. The summed E-state index contributed by atoms with van der Waals surface area (Å²) in [5.41, 5.74) is 1.69. The van der Waals surface area contributed by atoms with Gasteiger partial charge in [0.05, 0.1) is 6.61 Å². The third kappa shape index (κ3) is 6.53. The average molecular weight is 348 g/mol. The Hall–Kier alpha value is -1.82. The summed E-state index contributed by atoms with van der Waals surface area (Å²) < 4.78 is 32.4. The van der Waals surface area contributed by atoms with Gasteiger partial charge in [0.2, 0.25) is 0 Å². The van der Waals surface area contributed by atoms with E-state index >= 15 is 0 Å². The van der Waals surface area contributed by atoms with E-state index in [4.69, 9.17) is 4.74 Å². The van der Waals surface area contributed by atoms with Crippen LogP contribution in [0, 0.1) is 11.6 Å². The zero-order valence-electron chi connectivity index (χ0n) is 14.8. The molecule has 0 radical (unpaired) electrons. The van der Waals surface area contributed by atoms with Crippen molar-refractivity contribution < 1.29 is 13.5 Å². The Morgan fingerprint density at radius 3 is 1.88 bits per heavy atom. The molecule has 0 bridgehead atoms. The molecule has 0 heterocycles. The third-order valence-corrected chi connectivity index (χ3v) is 4.16. The smallest absolute Gasteiger partial charge is 0.123 e. The second-order valence-corrected chi connectivity index (χ2v) is 6.08. The number of benzene rings is 2. The van der Waals surface area contributed by atoms with Crippen molar-refractivity contribution in [1.29, 1.82) is 0 Å². The van der Waals surface area contributed by atoms with Gasteiger partial charge in [-0.15, -0.1) is 0 Å². The first-order valence-corrected chi connectivity index (χ1v) is 8.60. The molecule has 2 rings (SSSR count). The Labute approximate surface area is 148 Å². The molecule has 0 aromatic heterocycles. The molecule has 2 aromatic carbocycles. The highest BCUT2D eigenvalue weighted by Gasteiger charge is 2.15. The number of ether oxygens (including phenoxy) is 1. The third-order valence-electron chi connectivity index (χ3n) is 4.16. The molecule has 1 atom stereocenters. The maximum Gasteiger partial charge on any atom is 0.123 e. The first kappa shape index (κ1) is 19.5. The fourth-order valence-corrected chi connectivity index (χ4v) is 2.50. The van der Waals surface area contributed by atoms with E-state index in [0.717, 1.165) is 30.6 Å². The van der Waals surface area contributed by atoms with Crippen molar-refractivity contribution in [3.63, 3.8) is 0 Å². The second kappa shape index (κ2) is 10.2. The predicted molar refractivity (Wildman–Crippen MR) is 96.6 cm³/mol. The van der Waals surface area contributed by atoms with Crippen molar-refractivity contribution in [1.82, 2.24) is 10.6 Å². The van der Waals surface area contributed by atoms with Crippen molar-refractivity contribution in [3.05, 3.63) is 71.3 Å². The minimum atomic E-state index is -0.348. The van der Waals surface area contributed by atoms with Gasteiger partial charge >= 0.3 is 0 Å². The van der Waals surface area contributed by atoms with E-state index < -0.39 is 0 Å². The summed E-state index contributed by atoms with van der Waals surface area (Å²) >= 11 is 0. The van der Waals surface area contributed by atoms with Crippen LogP contribution in [0.4, 0.5) is 8.78 Å². The Morgan fingerprint density at radius 1 is 0.880 bits per heavy atom. The minimum Gasteiger partial charge on any atom is -0.367 e. The Morgan fingerprint density at radius 2 is 1.40 bits per heavy atom. The van der Waals surface area contributed by atoms with Crippen LogP contribution in [0.5, 0.6) is 0 Å². The summed E-state index contributed by atoms with van der Waals surface area (Å²) in [6.07, 6.45) is 0.690. The molecule has 0 aliphatic carbocycles. The molecular formula is C20H26F2N2O. The monoisotopic (exact) mass is 348 g/mol. The van der Waals surface area contributed by atoms with E-state index in [-0.39, 0.29) is 17.7 Å². The van der Waals surface area contributed by atoms with E-state index in [9.17, 15) is 8.78 Å². The lowest BCUT2D eigenvalue weighted by atomic mass is 10.0. The summed E-state index contributed by atoms with van der Waals surface area (Å²) in [6, 6.07) is 12.9. The van der Waals surface area contributed by atoms with E-state index in [2.05, 4.69) is 17.6 Å². The van der Waals surface area contributed by atoms with Crippen molar-refractivity contribution in [2.45, 2.75) is 25.5 Å². The van der Waals surface area contributed by atoms with Gasteiger partial charge in [-0.1, -0.05) is 24.3 Å². The van der Waals surface area contributed by atoms with Crippen LogP contribution >= 0.6 is 0 Å². The van der Waals surface area contributed by atoms with Crippen molar-refractivity contribution in [3.8, 4) is 0 Å². The molecule has 0 aliphatic rings. The fourth-order valence-electron chi connectivity index (χ4n) is 2.50. The van der Waals surface area contributed by atoms with Crippen LogP contribution in [0.3, 0.4) is 0 Å². The van der Waals surface area contributed by atoms with Gasteiger partial charge in [0.1, 0.15) is 17.7 Å². The molecule has 2 N–H and O–H groups in total. The highest BCUT2D eigenvalue weighted by Crippen LogP contribution is 2.26. The molecule has 0 amide bonds. The number of nitrogens with one attached hydrogen (secondary N) is 2. The highest BCUT2D eigenvalue weighted by atomic mass is 19.1. The second-order valence-electron chi connectivity index (χ2n) is 6.08. The van der Waals surface area contributed by atoms with Crippen LogP contribution in [0.25, 0.3) is 0 Å². The summed E-state index contributed by atoms with van der Waals surface area (Å²) in [6.45, 7) is 4.27. The molecule has 25 heavy (non-hydrogen) atoms. The predicted octanol–water partition coefficient (Wildman–Crippen LogP) is 3.66. The van der Waals surface area contributed by atoms with E-state index in [1.165, 1.54) is 24.3 Å². The summed E-state index contributed by atoms with van der Waals surface area (Å²) in [5.74, 6) is -0.580. The Balaban J connectivity index is 1.93. The molecular weight excluding hydrogens is 322 g/mol. The van der Waals surface area contributed by atoms with E-state index in [1.54, 1.807) is 24.3 Å². The number of hydrogen-bond donors (Lipinski definition) is 2. The SMILES string of the molecule is CNC(C)CCNCCOC(c1ccc(F)cc1)c1ccc(F)cc1. The van der Waals surface area contributed by atoms with Crippen LogP contribution in [0.1, 0.15) is 30.6 Å². The molecule has 136 valence electrons. The van der Waals surface area contributed by atoms with Gasteiger partial charge in [-0.05, 0) is 62.3 Å². The lowest BCUT2D eigenvalue weighted by molar-refractivity contribution is 0.0820. The Bertz CT molecular complexity index is 571. The van der Waals surface area contributed by atoms with E-state index in [1.807, 2.05) is 7.05 Å². The molecule has 0 fully saturated rings. The van der Waals surface area contributed by atoms with Crippen molar-refractivity contribution >= 4 is 0 Å².